The average Bonchev–Trinajstić information content (AvgIpc) is 3.37. The number of rotatable bonds is 6. The lowest BCUT2D eigenvalue weighted by Crippen LogP contribution is -2.14. The summed E-state index contributed by atoms with van der Waals surface area (Å²) in [6, 6.07) is 11.4. The van der Waals surface area contributed by atoms with Crippen molar-refractivity contribution in [2.45, 2.75) is 19.9 Å². The Morgan fingerprint density at radius 3 is 2.70 bits per heavy atom. The topological polar surface area (TPSA) is 98.7 Å². The Morgan fingerprint density at radius 2 is 1.97 bits per heavy atom. The van der Waals surface area contributed by atoms with Gasteiger partial charge in [-0.2, -0.15) is 0 Å². The summed E-state index contributed by atoms with van der Waals surface area (Å²) in [5, 5.41) is 13.8. The lowest BCUT2D eigenvalue weighted by atomic mass is 10.0. The summed E-state index contributed by atoms with van der Waals surface area (Å²) in [5.41, 5.74) is 9.69. The first-order valence-corrected chi connectivity index (χ1v) is 10.1. The summed E-state index contributed by atoms with van der Waals surface area (Å²) < 4.78 is 14.8. The minimum atomic E-state index is -0.408. The van der Waals surface area contributed by atoms with Crippen molar-refractivity contribution in [3.8, 4) is 11.1 Å². The molecule has 4 rings (SSSR count). The molecule has 30 heavy (non-hydrogen) atoms. The van der Waals surface area contributed by atoms with E-state index < -0.39 is 5.91 Å². The molecule has 9 heteroatoms. The molecule has 2 heterocycles. The number of hydrogen-bond donors (Lipinski definition) is 2. The third-order valence-electron chi connectivity index (χ3n) is 4.47. The Morgan fingerprint density at radius 1 is 1.20 bits per heavy atom. The van der Waals surface area contributed by atoms with Crippen LogP contribution in [0.15, 0.2) is 54.0 Å². The molecule has 0 saturated carbocycles. The molecule has 3 N–H and O–H groups in total. The summed E-state index contributed by atoms with van der Waals surface area (Å²) >= 11 is 1.60. The third-order valence-corrected chi connectivity index (χ3v) is 5.50. The number of benzene rings is 2. The Hall–Kier alpha value is -3.59. The van der Waals surface area contributed by atoms with Gasteiger partial charge in [0.1, 0.15) is 5.82 Å². The van der Waals surface area contributed by atoms with Crippen LogP contribution < -0.4 is 11.1 Å². The number of carbonyl (C=O) groups excluding carboxylic acids is 1. The molecule has 7 nitrogen and oxygen atoms in total. The zero-order valence-electron chi connectivity index (χ0n) is 16.2. The molecule has 0 fully saturated rings. The number of hydrogen-bond acceptors (Lipinski definition) is 6. The van der Waals surface area contributed by atoms with E-state index in [4.69, 9.17) is 5.73 Å². The Kier molecular flexibility index (Phi) is 5.53. The van der Waals surface area contributed by atoms with Gasteiger partial charge in [0.05, 0.1) is 22.6 Å². The van der Waals surface area contributed by atoms with Crippen LogP contribution in [0, 0.1) is 12.7 Å². The van der Waals surface area contributed by atoms with Crippen molar-refractivity contribution in [2.24, 2.45) is 0 Å². The largest absolute Gasteiger partial charge is 0.397 e. The number of aryl methyl sites for hydroxylation is 3. The lowest BCUT2D eigenvalue weighted by Gasteiger charge is -2.10. The van der Waals surface area contributed by atoms with Crippen LogP contribution in [0.2, 0.25) is 0 Å². The van der Waals surface area contributed by atoms with Gasteiger partial charge >= 0.3 is 0 Å². The molecule has 0 aliphatic rings. The highest BCUT2D eigenvalue weighted by Crippen LogP contribution is 2.27. The van der Waals surface area contributed by atoms with Crippen molar-refractivity contribution in [3.05, 3.63) is 76.3 Å². The molecule has 2 aromatic carbocycles. The average molecular weight is 422 g/mol. The second-order valence-corrected chi connectivity index (χ2v) is 7.71. The van der Waals surface area contributed by atoms with Gasteiger partial charge in [0, 0.05) is 24.0 Å². The van der Waals surface area contributed by atoms with Gasteiger partial charge in [0.15, 0.2) is 5.69 Å². The maximum Gasteiger partial charge on any atom is 0.277 e. The number of nitrogens with one attached hydrogen (secondary N) is 1. The molecular formula is C21H19FN6OS. The first-order valence-electron chi connectivity index (χ1n) is 9.26. The van der Waals surface area contributed by atoms with Crippen LogP contribution >= 0.6 is 11.3 Å². The molecule has 0 aliphatic heterocycles. The molecule has 0 aliphatic carbocycles. The van der Waals surface area contributed by atoms with E-state index in [1.807, 2.05) is 18.4 Å². The van der Waals surface area contributed by atoms with Crippen LogP contribution in [-0.2, 0) is 13.0 Å². The molecule has 2 aromatic heterocycles. The van der Waals surface area contributed by atoms with Crippen molar-refractivity contribution in [1.82, 2.24) is 20.0 Å². The summed E-state index contributed by atoms with van der Waals surface area (Å²) in [6.45, 7) is 2.53. The summed E-state index contributed by atoms with van der Waals surface area (Å²) in [7, 11) is 0. The summed E-state index contributed by atoms with van der Waals surface area (Å²) in [5.74, 6) is -0.717. The number of aromatic nitrogens is 4. The van der Waals surface area contributed by atoms with Crippen LogP contribution in [0.5, 0.6) is 0 Å². The highest BCUT2D eigenvalue weighted by atomic mass is 32.1. The molecule has 0 bridgehead atoms. The van der Waals surface area contributed by atoms with E-state index in [2.05, 4.69) is 20.6 Å². The number of nitrogens with zero attached hydrogens (tertiary/aromatic N) is 4. The van der Waals surface area contributed by atoms with Gasteiger partial charge in [0.2, 0.25) is 0 Å². The molecule has 152 valence electrons. The summed E-state index contributed by atoms with van der Waals surface area (Å²) in [4.78, 5) is 17.0. The minimum absolute atomic E-state index is 0.192. The molecule has 0 unspecified atom stereocenters. The highest BCUT2D eigenvalue weighted by molar-refractivity contribution is 7.09. The van der Waals surface area contributed by atoms with Crippen molar-refractivity contribution in [1.29, 1.82) is 0 Å². The second kappa shape index (κ2) is 8.42. The SMILES string of the molecule is Cc1csc(CCn2cc(C(=O)Nc3cc(-c4ccc(F)cc4)ccc3N)nn2)n1. The fourth-order valence-corrected chi connectivity index (χ4v) is 3.68. The molecule has 1 amide bonds. The second-order valence-electron chi connectivity index (χ2n) is 6.76. The number of thiazole rings is 1. The number of nitrogens with two attached hydrogens (primary N) is 1. The molecule has 0 atom stereocenters. The van der Waals surface area contributed by atoms with E-state index in [1.54, 1.807) is 46.5 Å². The number of nitrogen functional groups attached to an aromatic ring is 1. The van der Waals surface area contributed by atoms with E-state index in [0.29, 0.717) is 17.9 Å². The normalized spacial score (nSPS) is 10.9. The highest BCUT2D eigenvalue weighted by Gasteiger charge is 2.14. The van der Waals surface area contributed by atoms with E-state index in [9.17, 15) is 9.18 Å². The van der Waals surface area contributed by atoms with Gasteiger partial charge < -0.3 is 11.1 Å². The van der Waals surface area contributed by atoms with E-state index in [-0.39, 0.29) is 11.5 Å². The Balaban J connectivity index is 1.45. The smallest absolute Gasteiger partial charge is 0.277 e. The fraction of sp³-hybridized carbons (Fsp3) is 0.143. The molecule has 0 saturated heterocycles. The van der Waals surface area contributed by atoms with E-state index >= 15 is 0 Å². The van der Waals surface area contributed by atoms with Gasteiger partial charge in [-0.1, -0.05) is 23.4 Å². The lowest BCUT2D eigenvalue weighted by molar-refractivity contribution is 0.102. The van der Waals surface area contributed by atoms with Crippen LogP contribution in [0.1, 0.15) is 21.2 Å². The van der Waals surface area contributed by atoms with E-state index in [1.165, 1.54) is 12.1 Å². The number of carbonyl (C=O) groups is 1. The Bertz CT molecular complexity index is 1180. The van der Waals surface area contributed by atoms with Crippen molar-refractivity contribution in [2.75, 3.05) is 11.1 Å². The van der Waals surface area contributed by atoms with Crippen LogP contribution in [0.4, 0.5) is 15.8 Å². The predicted molar refractivity (Wildman–Crippen MR) is 115 cm³/mol. The van der Waals surface area contributed by atoms with Gasteiger partial charge in [-0.05, 0) is 42.3 Å². The number of anilines is 2. The van der Waals surface area contributed by atoms with Crippen LogP contribution in [-0.4, -0.2) is 25.9 Å². The zero-order valence-corrected chi connectivity index (χ0v) is 17.0. The van der Waals surface area contributed by atoms with Crippen LogP contribution in [0.3, 0.4) is 0 Å². The van der Waals surface area contributed by atoms with Gasteiger partial charge in [-0.25, -0.2) is 9.37 Å². The maximum atomic E-state index is 13.2. The maximum absolute atomic E-state index is 13.2. The first-order chi connectivity index (χ1) is 14.5. The molecular weight excluding hydrogens is 403 g/mol. The van der Waals surface area contributed by atoms with Crippen molar-refractivity contribution >= 4 is 28.6 Å². The first kappa shape index (κ1) is 19.7. The monoisotopic (exact) mass is 422 g/mol. The quantitative estimate of drug-likeness (QED) is 0.459. The van der Waals surface area contributed by atoms with Crippen LogP contribution in [0.25, 0.3) is 11.1 Å². The molecule has 0 radical (unpaired) electrons. The number of amides is 1. The van der Waals surface area contributed by atoms with Gasteiger partial charge in [0.25, 0.3) is 5.91 Å². The van der Waals surface area contributed by atoms with Crippen molar-refractivity contribution < 1.29 is 9.18 Å². The number of halogens is 1. The molecule has 0 spiro atoms. The Labute approximate surface area is 176 Å². The minimum Gasteiger partial charge on any atom is -0.397 e. The standard InChI is InChI=1S/C21H19FN6OS/c1-13-12-30-20(24-13)8-9-28-11-19(26-27-28)21(29)25-18-10-15(4-7-17(18)23)14-2-5-16(22)6-3-14/h2-7,10-12H,8-9,23H2,1H3,(H,25,29). The van der Waals surface area contributed by atoms with E-state index in [0.717, 1.165) is 28.2 Å². The fourth-order valence-electron chi connectivity index (χ4n) is 2.91. The third kappa shape index (κ3) is 4.52. The van der Waals surface area contributed by atoms with Crippen molar-refractivity contribution in [3.63, 3.8) is 0 Å². The van der Waals surface area contributed by atoms with Gasteiger partial charge in [-0.15, -0.1) is 16.4 Å². The zero-order chi connectivity index (χ0) is 21.1. The van der Waals surface area contributed by atoms with Gasteiger partial charge in [-0.3, -0.25) is 9.48 Å². The molecule has 4 aromatic rings. The predicted octanol–water partition coefficient (Wildman–Crippen LogP) is 3.93. The summed E-state index contributed by atoms with van der Waals surface area (Å²) in [6.07, 6.45) is 2.31.